The summed E-state index contributed by atoms with van der Waals surface area (Å²) in [4.78, 5) is 14.4. The number of likely N-dealkylation sites (N-methyl/N-ethyl adjacent to an activating group) is 1. The summed E-state index contributed by atoms with van der Waals surface area (Å²) in [5.74, 6) is -0.0181. The number of carbonyl (C=O) groups is 1. The molecule has 2 aromatic rings. The Morgan fingerprint density at radius 3 is 2.65 bits per heavy atom. The average molecular weight is 376 g/mol. The predicted octanol–water partition coefficient (Wildman–Crippen LogP) is 1.20. The molecule has 0 aliphatic carbocycles. The summed E-state index contributed by atoms with van der Waals surface area (Å²) in [6.07, 6.45) is 0.519. The molecule has 0 radical (unpaired) electrons. The first-order valence-electron chi connectivity index (χ1n) is 8.64. The molecule has 1 aliphatic heterocycles. The monoisotopic (exact) mass is 376 g/mol. The lowest BCUT2D eigenvalue weighted by Crippen LogP contribution is -2.31. The van der Waals surface area contributed by atoms with E-state index in [1.807, 2.05) is 49.3 Å². The first-order valence-corrected chi connectivity index (χ1v) is 10.5. The molecular weight excluding hydrogens is 352 g/mol. The number of nitrogens with zero attached hydrogens (tertiary/aromatic N) is 3. The van der Waals surface area contributed by atoms with Crippen molar-refractivity contribution in [3.05, 3.63) is 42.1 Å². The zero-order chi connectivity index (χ0) is 18.7. The van der Waals surface area contributed by atoms with Gasteiger partial charge in [0.05, 0.1) is 23.2 Å². The van der Waals surface area contributed by atoms with E-state index in [0.717, 1.165) is 17.8 Å². The summed E-state index contributed by atoms with van der Waals surface area (Å²) in [5.41, 5.74) is 1.99. The van der Waals surface area contributed by atoms with Gasteiger partial charge in [-0.05, 0) is 32.1 Å². The molecule has 1 unspecified atom stereocenters. The molecule has 7 nitrogen and oxygen atoms in total. The average Bonchev–Trinajstić information content (AvgIpc) is 3.18. The first-order chi connectivity index (χ1) is 12.4. The Hall–Kier alpha value is -2.19. The molecule has 1 amide bonds. The van der Waals surface area contributed by atoms with E-state index in [1.165, 1.54) is 0 Å². The van der Waals surface area contributed by atoms with Crippen LogP contribution < -0.4 is 5.32 Å². The Labute approximate surface area is 153 Å². The van der Waals surface area contributed by atoms with Gasteiger partial charge in [0.2, 0.25) is 0 Å². The SMILES string of the molecule is CN(C)CCNC(=O)c1cc(-c2ccccc2)n(C2CCS(=O)(=O)C2)n1. The largest absolute Gasteiger partial charge is 0.349 e. The number of hydrogen-bond donors (Lipinski definition) is 1. The summed E-state index contributed by atoms with van der Waals surface area (Å²) < 4.78 is 25.5. The Kier molecular flexibility index (Phi) is 5.43. The molecule has 0 saturated carbocycles. The molecule has 1 aromatic heterocycles. The lowest BCUT2D eigenvalue weighted by molar-refractivity contribution is 0.0945. The second-order valence-electron chi connectivity index (χ2n) is 6.84. The first kappa shape index (κ1) is 18.6. The van der Waals surface area contributed by atoms with Crippen LogP contribution in [0.25, 0.3) is 11.3 Å². The van der Waals surface area contributed by atoms with E-state index in [4.69, 9.17) is 0 Å². The van der Waals surface area contributed by atoms with Gasteiger partial charge in [-0.15, -0.1) is 0 Å². The molecule has 0 spiro atoms. The highest BCUT2D eigenvalue weighted by molar-refractivity contribution is 7.91. The fraction of sp³-hybridized carbons (Fsp3) is 0.444. The minimum atomic E-state index is -3.04. The third-order valence-electron chi connectivity index (χ3n) is 4.44. The van der Waals surface area contributed by atoms with Gasteiger partial charge in [-0.1, -0.05) is 30.3 Å². The van der Waals surface area contributed by atoms with Crippen molar-refractivity contribution in [1.82, 2.24) is 20.0 Å². The van der Waals surface area contributed by atoms with Crippen LogP contribution in [-0.4, -0.2) is 67.7 Å². The maximum absolute atomic E-state index is 12.4. The molecule has 1 atom stereocenters. The number of nitrogens with one attached hydrogen (secondary N) is 1. The number of aromatic nitrogens is 2. The van der Waals surface area contributed by atoms with Crippen molar-refractivity contribution in [3.8, 4) is 11.3 Å². The van der Waals surface area contributed by atoms with Crippen LogP contribution in [0.4, 0.5) is 0 Å². The second kappa shape index (κ2) is 7.59. The molecule has 140 valence electrons. The van der Waals surface area contributed by atoms with Crippen molar-refractivity contribution in [2.24, 2.45) is 0 Å². The molecule has 1 aromatic carbocycles. The Morgan fingerprint density at radius 1 is 1.31 bits per heavy atom. The molecule has 2 heterocycles. The molecule has 1 N–H and O–H groups in total. The Morgan fingerprint density at radius 2 is 2.04 bits per heavy atom. The van der Waals surface area contributed by atoms with Crippen molar-refractivity contribution >= 4 is 15.7 Å². The molecule has 1 fully saturated rings. The minimum Gasteiger partial charge on any atom is -0.349 e. The second-order valence-corrected chi connectivity index (χ2v) is 9.07. The van der Waals surface area contributed by atoms with Gasteiger partial charge in [0.15, 0.2) is 15.5 Å². The highest BCUT2D eigenvalue weighted by atomic mass is 32.2. The van der Waals surface area contributed by atoms with Gasteiger partial charge in [0.25, 0.3) is 5.91 Å². The van der Waals surface area contributed by atoms with E-state index in [9.17, 15) is 13.2 Å². The van der Waals surface area contributed by atoms with E-state index >= 15 is 0 Å². The third kappa shape index (κ3) is 4.31. The lowest BCUT2D eigenvalue weighted by Gasteiger charge is -2.13. The van der Waals surface area contributed by atoms with Crippen LogP contribution in [0.1, 0.15) is 23.0 Å². The van der Waals surface area contributed by atoms with Crippen molar-refractivity contribution in [1.29, 1.82) is 0 Å². The number of hydrogen-bond acceptors (Lipinski definition) is 5. The van der Waals surface area contributed by atoms with Crippen molar-refractivity contribution in [2.45, 2.75) is 12.5 Å². The van der Waals surface area contributed by atoms with Gasteiger partial charge in [-0.2, -0.15) is 5.10 Å². The van der Waals surface area contributed by atoms with Crippen LogP contribution in [0.2, 0.25) is 0 Å². The summed E-state index contributed by atoms with van der Waals surface area (Å²) in [7, 11) is 0.835. The van der Waals surface area contributed by atoms with E-state index in [1.54, 1.807) is 10.7 Å². The van der Waals surface area contributed by atoms with Gasteiger partial charge in [-0.3, -0.25) is 9.48 Å². The van der Waals surface area contributed by atoms with Crippen LogP contribution in [0.5, 0.6) is 0 Å². The molecular formula is C18H24N4O3S. The summed E-state index contributed by atoms with van der Waals surface area (Å²) in [6, 6.07) is 11.1. The van der Waals surface area contributed by atoms with Crippen LogP contribution in [0, 0.1) is 0 Å². The zero-order valence-electron chi connectivity index (χ0n) is 15.1. The van der Waals surface area contributed by atoms with Crippen LogP contribution in [-0.2, 0) is 9.84 Å². The molecule has 8 heteroatoms. The van der Waals surface area contributed by atoms with Crippen molar-refractivity contribution in [2.75, 3.05) is 38.7 Å². The molecule has 26 heavy (non-hydrogen) atoms. The van der Waals surface area contributed by atoms with E-state index in [-0.39, 0.29) is 23.5 Å². The fourth-order valence-corrected chi connectivity index (χ4v) is 4.75. The third-order valence-corrected chi connectivity index (χ3v) is 6.19. The summed E-state index contributed by atoms with van der Waals surface area (Å²) in [6.45, 7) is 1.26. The summed E-state index contributed by atoms with van der Waals surface area (Å²) in [5, 5.41) is 7.31. The normalized spacial score (nSPS) is 19.0. The number of benzene rings is 1. The topological polar surface area (TPSA) is 84.3 Å². The zero-order valence-corrected chi connectivity index (χ0v) is 15.9. The number of amides is 1. The summed E-state index contributed by atoms with van der Waals surface area (Å²) >= 11 is 0. The molecule has 1 saturated heterocycles. The van der Waals surface area contributed by atoms with Gasteiger partial charge < -0.3 is 10.2 Å². The van der Waals surface area contributed by atoms with Gasteiger partial charge in [0, 0.05) is 13.1 Å². The Balaban J connectivity index is 1.89. The lowest BCUT2D eigenvalue weighted by atomic mass is 10.1. The van der Waals surface area contributed by atoms with Crippen molar-refractivity contribution < 1.29 is 13.2 Å². The van der Waals surface area contributed by atoms with E-state index < -0.39 is 9.84 Å². The van der Waals surface area contributed by atoms with E-state index in [0.29, 0.717) is 18.7 Å². The minimum absolute atomic E-state index is 0.0657. The fourth-order valence-electron chi connectivity index (χ4n) is 3.06. The van der Waals surface area contributed by atoms with Gasteiger partial charge in [0.1, 0.15) is 0 Å². The van der Waals surface area contributed by atoms with Crippen molar-refractivity contribution in [3.63, 3.8) is 0 Å². The highest BCUT2D eigenvalue weighted by Gasteiger charge is 2.32. The van der Waals surface area contributed by atoms with E-state index in [2.05, 4.69) is 10.4 Å². The number of sulfone groups is 1. The standard InChI is InChI=1S/C18H24N4O3S/c1-21(2)10-9-19-18(23)16-12-17(14-6-4-3-5-7-14)22(20-16)15-8-11-26(24,25)13-15/h3-7,12,15H,8-11,13H2,1-2H3,(H,19,23). The maximum Gasteiger partial charge on any atom is 0.271 e. The smallest absolute Gasteiger partial charge is 0.271 e. The van der Waals surface area contributed by atoms with Crippen LogP contribution >= 0.6 is 0 Å². The molecule has 0 bridgehead atoms. The van der Waals surface area contributed by atoms with Gasteiger partial charge in [-0.25, -0.2) is 8.42 Å². The highest BCUT2D eigenvalue weighted by Crippen LogP contribution is 2.30. The molecule has 3 rings (SSSR count). The predicted molar refractivity (Wildman–Crippen MR) is 101 cm³/mol. The van der Waals surface area contributed by atoms with Crippen LogP contribution in [0.3, 0.4) is 0 Å². The quantitative estimate of drug-likeness (QED) is 0.819. The molecule has 1 aliphatic rings. The van der Waals surface area contributed by atoms with Crippen LogP contribution in [0.15, 0.2) is 36.4 Å². The maximum atomic E-state index is 12.4. The Bertz CT molecular complexity index is 875. The number of carbonyl (C=O) groups excluding carboxylic acids is 1. The van der Waals surface area contributed by atoms with Gasteiger partial charge >= 0.3 is 0 Å². The number of rotatable bonds is 6.